The minimum Gasteiger partial charge on any atom is -0.326 e. The van der Waals surface area contributed by atoms with E-state index in [9.17, 15) is 8.42 Å². The molecule has 0 heterocycles. The number of hydrogen-bond donors (Lipinski definition) is 2. The smallest absolute Gasteiger partial charge is 0.241 e. The molecular weight excluding hydrogens is 272 g/mol. The molecule has 0 radical (unpaired) electrons. The Labute approximate surface area is 121 Å². The molecule has 1 fully saturated rings. The molecule has 4 nitrogen and oxygen atoms in total. The highest BCUT2D eigenvalue weighted by Gasteiger charge is 2.34. The third kappa shape index (κ3) is 3.05. The summed E-state index contributed by atoms with van der Waals surface area (Å²) in [5.41, 5.74) is 6.30. The molecule has 0 aliphatic heterocycles. The molecule has 1 aromatic carbocycles. The van der Waals surface area contributed by atoms with Crippen molar-refractivity contribution in [2.75, 3.05) is 0 Å². The van der Waals surface area contributed by atoms with Gasteiger partial charge in [0.2, 0.25) is 10.0 Å². The third-order valence-corrected chi connectivity index (χ3v) is 6.13. The molecular formula is C15H24N2O2S. The lowest BCUT2D eigenvalue weighted by molar-refractivity contribution is 0.368. The van der Waals surface area contributed by atoms with Gasteiger partial charge in [0.1, 0.15) is 0 Å². The zero-order valence-corrected chi connectivity index (χ0v) is 13.0. The number of nitrogens with two attached hydrogens (primary N) is 1. The van der Waals surface area contributed by atoms with E-state index >= 15 is 0 Å². The Hall–Kier alpha value is -0.910. The molecule has 5 heteroatoms. The second-order valence-electron chi connectivity index (χ2n) is 5.64. The first-order chi connectivity index (χ1) is 9.49. The summed E-state index contributed by atoms with van der Waals surface area (Å²) in [5.74, 6) is 1.01. The third-order valence-electron chi connectivity index (χ3n) is 4.54. The summed E-state index contributed by atoms with van der Waals surface area (Å²) in [7, 11) is -3.48. The summed E-state index contributed by atoms with van der Waals surface area (Å²) in [6.45, 7) is 4.54. The molecule has 1 aliphatic carbocycles. The molecule has 0 spiro atoms. The van der Waals surface area contributed by atoms with Crippen LogP contribution in [0.3, 0.4) is 0 Å². The fourth-order valence-corrected chi connectivity index (χ4v) is 4.80. The first-order valence-electron chi connectivity index (χ1n) is 7.30. The monoisotopic (exact) mass is 296 g/mol. The standard InChI is InChI=1S/C15H24N2O2S/c1-3-12-8-9-14(11(12)2)17-20(18,19)15-7-5-4-6-13(15)10-16/h4-7,11-12,14,17H,3,8-10,16H2,1-2H3. The van der Waals surface area contributed by atoms with E-state index in [0.717, 1.165) is 19.3 Å². The van der Waals surface area contributed by atoms with E-state index in [-0.39, 0.29) is 12.6 Å². The van der Waals surface area contributed by atoms with Gasteiger partial charge in [-0.05, 0) is 36.3 Å². The Morgan fingerprint density at radius 1 is 1.30 bits per heavy atom. The number of nitrogens with one attached hydrogen (secondary N) is 1. The van der Waals surface area contributed by atoms with Crippen molar-refractivity contribution in [2.24, 2.45) is 17.6 Å². The van der Waals surface area contributed by atoms with Crippen LogP contribution in [-0.2, 0) is 16.6 Å². The van der Waals surface area contributed by atoms with Crippen LogP contribution in [0.1, 0.15) is 38.7 Å². The first-order valence-corrected chi connectivity index (χ1v) is 8.78. The van der Waals surface area contributed by atoms with E-state index in [4.69, 9.17) is 5.73 Å². The number of sulfonamides is 1. The van der Waals surface area contributed by atoms with Crippen molar-refractivity contribution in [1.29, 1.82) is 0 Å². The van der Waals surface area contributed by atoms with Crippen molar-refractivity contribution in [1.82, 2.24) is 4.72 Å². The molecule has 3 N–H and O–H groups in total. The molecule has 0 saturated heterocycles. The van der Waals surface area contributed by atoms with Crippen molar-refractivity contribution in [3.05, 3.63) is 29.8 Å². The molecule has 0 bridgehead atoms. The maximum Gasteiger partial charge on any atom is 0.241 e. The summed E-state index contributed by atoms with van der Waals surface area (Å²) in [6.07, 6.45) is 3.13. The summed E-state index contributed by atoms with van der Waals surface area (Å²) >= 11 is 0. The lowest BCUT2D eigenvalue weighted by Crippen LogP contribution is -2.38. The quantitative estimate of drug-likeness (QED) is 0.875. The van der Waals surface area contributed by atoms with Crippen molar-refractivity contribution < 1.29 is 8.42 Å². The maximum absolute atomic E-state index is 12.5. The van der Waals surface area contributed by atoms with Gasteiger partial charge in [-0.15, -0.1) is 0 Å². The summed E-state index contributed by atoms with van der Waals surface area (Å²) in [6, 6.07) is 6.98. The molecule has 1 aromatic rings. The van der Waals surface area contributed by atoms with Gasteiger partial charge in [-0.25, -0.2) is 13.1 Å². The van der Waals surface area contributed by atoms with Crippen molar-refractivity contribution in [2.45, 2.75) is 50.6 Å². The lowest BCUT2D eigenvalue weighted by Gasteiger charge is -2.21. The van der Waals surface area contributed by atoms with Gasteiger partial charge in [-0.2, -0.15) is 0 Å². The Morgan fingerprint density at radius 2 is 2.00 bits per heavy atom. The van der Waals surface area contributed by atoms with Crippen LogP contribution in [0.2, 0.25) is 0 Å². The SMILES string of the molecule is CCC1CCC(NS(=O)(=O)c2ccccc2CN)C1C. The predicted molar refractivity (Wildman–Crippen MR) is 80.6 cm³/mol. The van der Waals surface area contributed by atoms with Crippen LogP contribution in [0.15, 0.2) is 29.2 Å². The van der Waals surface area contributed by atoms with Crippen LogP contribution in [0.25, 0.3) is 0 Å². The fourth-order valence-electron chi connectivity index (χ4n) is 3.19. The second kappa shape index (κ2) is 6.24. The van der Waals surface area contributed by atoms with E-state index in [1.807, 2.05) is 6.07 Å². The minimum absolute atomic E-state index is 0.0378. The van der Waals surface area contributed by atoms with Gasteiger partial charge in [-0.3, -0.25) is 0 Å². The van der Waals surface area contributed by atoms with Crippen LogP contribution in [0.4, 0.5) is 0 Å². The zero-order valence-electron chi connectivity index (χ0n) is 12.2. The van der Waals surface area contributed by atoms with Crippen LogP contribution >= 0.6 is 0 Å². The number of benzene rings is 1. The first kappa shape index (κ1) is 15.5. The molecule has 1 saturated carbocycles. The minimum atomic E-state index is -3.48. The molecule has 112 valence electrons. The fraction of sp³-hybridized carbons (Fsp3) is 0.600. The molecule has 0 amide bonds. The van der Waals surface area contributed by atoms with Crippen molar-refractivity contribution >= 4 is 10.0 Å². The van der Waals surface area contributed by atoms with E-state index in [2.05, 4.69) is 18.6 Å². The van der Waals surface area contributed by atoms with Crippen LogP contribution in [-0.4, -0.2) is 14.5 Å². The number of rotatable bonds is 5. The lowest BCUT2D eigenvalue weighted by atomic mass is 9.94. The predicted octanol–water partition coefficient (Wildman–Crippen LogP) is 2.25. The number of hydrogen-bond acceptors (Lipinski definition) is 3. The molecule has 3 atom stereocenters. The van der Waals surface area contributed by atoms with Gasteiger partial charge in [0.25, 0.3) is 0 Å². The van der Waals surface area contributed by atoms with Crippen molar-refractivity contribution in [3.63, 3.8) is 0 Å². The normalized spacial score (nSPS) is 26.9. The average Bonchev–Trinajstić information content (AvgIpc) is 2.79. The largest absolute Gasteiger partial charge is 0.326 e. The van der Waals surface area contributed by atoms with Crippen LogP contribution in [0, 0.1) is 11.8 Å². The van der Waals surface area contributed by atoms with Crippen LogP contribution < -0.4 is 10.5 Å². The average molecular weight is 296 g/mol. The molecule has 1 aliphatic rings. The summed E-state index contributed by atoms with van der Waals surface area (Å²) in [5, 5.41) is 0. The van der Waals surface area contributed by atoms with E-state index in [0.29, 0.717) is 22.3 Å². The van der Waals surface area contributed by atoms with E-state index in [1.54, 1.807) is 18.2 Å². The van der Waals surface area contributed by atoms with Gasteiger partial charge < -0.3 is 5.73 Å². The molecule has 20 heavy (non-hydrogen) atoms. The van der Waals surface area contributed by atoms with Gasteiger partial charge >= 0.3 is 0 Å². The van der Waals surface area contributed by atoms with E-state index < -0.39 is 10.0 Å². The highest BCUT2D eigenvalue weighted by Crippen LogP contribution is 2.34. The van der Waals surface area contributed by atoms with Gasteiger partial charge in [-0.1, -0.05) is 38.5 Å². The topological polar surface area (TPSA) is 72.2 Å². The Bertz CT molecular complexity index is 557. The van der Waals surface area contributed by atoms with Crippen LogP contribution in [0.5, 0.6) is 0 Å². The molecule has 2 rings (SSSR count). The highest BCUT2D eigenvalue weighted by molar-refractivity contribution is 7.89. The summed E-state index contributed by atoms with van der Waals surface area (Å²) in [4.78, 5) is 0.314. The molecule has 0 aromatic heterocycles. The summed E-state index contributed by atoms with van der Waals surface area (Å²) < 4.78 is 28.0. The van der Waals surface area contributed by atoms with Crippen molar-refractivity contribution in [3.8, 4) is 0 Å². The van der Waals surface area contributed by atoms with Gasteiger partial charge in [0, 0.05) is 12.6 Å². The Kier molecular flexibility index (Phi) is 4.83. The van der Waals surface area contributed by atoms with Gasteiger partial charge in [0.05, 0.1) is 4.90 Å². The second-order valence-corrected chi connectivity index (χ2v) is 7.33. The van der Waals surface area contributed by atoms with E-state index in [1.165, 1.54) is 0 Å². The Morgan fingerprint density at radius 3 is 2.60 bits per heavy atom. The molecule has 3 unspecified atom stereocenters. The highest BCUT2D eigenvalue weighted by atomic mass is 32.2. The van der Waals surface area contributed by atoms with Gasteiger partial charge in [0.15, 0.2) is 0 Å². The Balaban J connectivity index is 2.20. The maximum atomic E-state index is 12.5. The zero-order chi connectivity index (χ0) is 14.8.